The lowest BCUT2D eigenvalue weighted by atomic mass is 10.1. The minimum atomic E-state index is -10.0. The molecule has 0 spiro atoms. The van der Waals surface area contributed by atoms with Gasteiger partial charge in [-0.2, -0.15) is 0 Å². The molecule has 5 aromatic carbocycles. The van der Waals surface area contributed by atoms with Crippen LogP contribution < -0.4 is 18.9 Å². The van der Waals surface area contributed by atoms with Gasteiger partial charge in [-0.3, -0.25) is 0 Å². The summed E-state index contributed by atoms with van der Waals surface area (Å²) in [6.45, 7) is 0.269. The van der Waals surface area contributed by atoms with Crippen molar-refractivity contribution in [2.24, 2.45) is 0 Å². The van der Waals surface area contributed by atoms with E-state index in [1.807, 2.05) is 91.0 Å². The average molecular weight is 643 g/mol. The second-order valence-electron chi connectivity index (χ2n) is 9.96. The highest BCUT2D eigenvalue weighted by atomic mass is 32.5. The van der Waals surface area contributed by atoms with Crippen LogP contribution in [-0.2, 0) is 19.8 Å². The highest BCUT2D eigenvalue weighted by Crippen LogP contribution is 3.02. The molecular weight excluding hydrogens is 615 g/mol. The topological polar surface area (TPSA) is 54.0 Å². The van der Waals surface area contributed by atoms with Crippen molar-refractivity contribution in [3.05, 3.63) is 150 Å². The van der Waals surface area contributed by atoms with Crippen LogP contribution in [0.25, 0.3) is 0 Å². The summed E-state index contributed by atoms with van der Waals surface area (Å²) in [5.41, 5.74) is 2.27. The first kappa shape index (κ1) is 31.4. The zero-order valence-electron chi connectivity index (χ0n) is 23.6. The zero-order chi connectivity index (χ0) is 32.0. The Balaban J connectivity index is 1.51. The Kier molecular flexibility index (Phi) is 8.48. The van der Waals surface area contributed by atoms with E-state index in [0.29, 0.717) is 0 Å². The van der Waals surface area contributed by atoms with Gasteiger partial charge in [0.2, 0.25) is 5.75 Å². The van der Waals surface area contributed by atoms with Crippen LogP contribution in [0.15, 0.2) is 132 Å². The summed E-state index contributed by atoms with van der Waals surface area (Å²) < 4.78 is 90.4. The van der Waals surface area contributed by atoms with Gasteiger partial charge < -0.3 is 18.9 Å². The van der Waals surface area contributed by atoms with Crippen LogP contribution in [0.1, 0.15) is 27.0 Å². The minimum absolute atomic E-state index is 0.0745. The van der Waals surface area contributed by atoms with Gasteiger partial charge in [-0.25, -0.2) is 4.79 Å². The van der Waals surface area contributed by atoms with Crippen LogP contribution in [-0.4, -0.2) is 5.97 Å². The van der Waals surface area contributed by atoms with Crippen LogP contribution in [0.3, 0.4) is 0 Å². The molecule has 234 valence electrons. The number of ether oxygens (including phenoxy) is 4. The molecular formula is C34H27F5O5S. The first-order valence-corrected chi connectivity index (χ1v) is 15.5. The molecule has 0 saturated heterocycles. The van der Waals surface area contributed by atoms with Crippen molar-refractivity contribution < 1.29 is 43.2 Å². The third-order valence-electron chi connectivity index (χ3n) is 6.42. The molecule has 0 fully saturated rings. The normalized spacial score (nSPS) is 12.8. The second kappa shape index (κ2) is 12.2. The molecule has 0 aliphatic heterocycles. The average Bonchev–Trinajstić information content (AvgIpc) is 3.02. The lowest BCUT2D eigenvalue weighted by Gasteiger charge is -2.40. The van der Waals surface area contributed by atoms with Crippen molar-refractivity contribution in [2.45, 2.75) is 24.7 Å². The lowest BCUT2D eigenvalue weighted by Crippen LogP contribution is -2.12. The van der Waals surface area contributed by atoms with Crippen molar-refractivity contribution in [3.8, 4) is 23.0 Å². The van der Waals surface area contributed by atoms with Crippen molar-refractivity contribution in [1.82, 2.24) is 0 Å². The van der Waals surface area contributed by atoms with E-state index < -0.39 is 26.8 Å². The fraction of sp³-hybridized carbons (Fsp3) is 0.0882. The van der Waals surface area contributed by atoms with Gasteiger partial charge in [-0.15, -0.1) is 0 Å². The summed E-state index contributed by atoms with van der Waals surface area (Å²) in [5.74, 6) is -1.49. The molecule has 0 heterocycles. The standard InChI is InChI=1S/C34H27F5O5S/c35-45(36,37,38,39)30-18-10-17-29(21-30)44-34(40)28-19-31(41-22-25-11-4-1-5-12-25)33(43-24-27-15-8-3-9-16-27)32(20-28)42-23-26-13-6-2-7-14-26/h1-21H,22-24H2. The van der Waals surface area contributed by atoms with E-state index in [4.69, 9.17) is 18.9 Å². The number of hydrogen-bond acceptors (Lipinski definition) is 5. The second-order valence-corrected chi connectivity index (χ2v) is 12.4. The maximum atomic E-state index is 13.4. The predicted octanol–water partition coefficient (Wildman–Crippen LogP) is 10.3. The van der Waals surface area contributed by atoms with Crippen LogP contribution in [0.4, 0.5) is 19.4 Å². The molecule has 0 saturated carbocycles. The molecule has 0 N–H and O–H groups in total. The molecule has 5 nitrogen and oxygen atoms in total. The molecule has 5 rings (SSSR count). The quantitative estimate of drug-likeness (QED) is 0.0770. The Morgan fingerprint density at radius 3 is 1.42 bits per heavy atom. The summed E-state index contributed by atoms with van der Waals surface area (Å²) in [7, 11) is -10.0. The third kappa shape index (κ3) is 8.76. The Hall–Kier alpha value is -5.03. The Bertz CT molecular complexity index is 1710. The third-order valence-corrected chi connectivity index (χ3v) is 7.56. The van der Waals surface area contributed by atoms with E-state index in [2.05, 4.69) is 0 Å². The molecule has 0 bridgehead atoms. The van der Waals surface area contributed by atoms with Gasteiger partial charge >= 0.3 is 16.2 Å². The molecule has 0 amide bonds. The Morgan fingerprint density at radius 1 is 0.533 bits per heavy atom. The van der Waals surface area contributed by atoms with Crippen LogP contribution >= 0.6 is 10.2 Å². The van der Waals surface area contributed by atoms with Crippen LogP contribution in [0, 0.1) is 0 Å². The van der Waals surface area contributed by atoms with Gasteiger partial charge in [0.15, 0.2) is 11.5 Å². The van der Waals surface area contributed by atoms with Crippen molar-refractivity contribution >= 4 is 16.2 Å². The van der Waals surface area contributed by atoms with Crippen molar-refractivity contribution in [1.29, 1.82) is 0 Å². The predicted molar refractivity (Wildman–Crippen MR) is 162 cm³/mol. The Morgan fingerprint density at radius 2 is 0.978 bits per heavy atom. The Labute approximate surface area is 256 Å². The number of carbonyl (C=O) groups excluding carboxylic acids is 1. The molecule has 0 aliphatic carbocycles. The molecule has 45 heavy (non-hydrogen) atoms. The summed E-state index contributed by atoms with van der Waals surface area (Å²) in [4.78, 5) is 11.1. The van der Waals surface area contributed by atoms with E-state index in [1.54, 1.807) is 0 Å². The summed E-state index contributed by atoms with van der Waals surface area (Å²) in [6, 6.07) is 32.2. The number of benzene rings is 5. The SMILES string of the molecule is O=C(Oc1cccc(S(F)(F)(F)(F)F)c1)c1cc(OCc2ccccc2)c(OCc2ccccc2)c(OCc2ccccc2)c1. The molecule has 0 radical (unpaired) electrons. The highest BCUT2D eigenvalue weighted by Gasteiger charge is 2.65. The highest BCUT2D eigenvalue weighted by molar-refractivity contribution is 8.45. The van der Waals surface area contributed by atoms with E-state index >= 15 is 0 Å². The van der Waals surface area contributed by atoms with Gasteiger partial charge in [-0.1, -0.05) is 116 Å². The van der Waals surface area contributed by atoms with Gasteiger partial charge in [0.1, 0.15) is 30.5 Å². The minimum Gasteiger partial charge on any atom is -0.485 e. The van der Waals surface area contributed by atoms with Crippen LogP contribution in [0.2, 0.25) is 0 Å². The number of carbonyl (C=O) groups is 1. The summed E-state index contributed by atoms with van der Waals surface area (Å²) in [6.07, 6.45) is 0. The summed E-state index contributed by atoms with van der Waals surface area (Å²) in [5, 5.41) is 0. The van der Waals surface area contributed by atoms with Gasteiger partial charge in [-0.05, 0) is 41.0 Å². The molecule has 0 atom stereocenters. The number of rotatable bonds is 12. The monoisotopic (exact) mass is 642 g/mol. The number of halogens is 5. The van der Waals surface area contributed by atoms with E-state index in [9.17, 15) is 24.2 Å². The molecule has 5 aromatic rings. The van der Waals surface area contributed by atoms with Gasteiger partial charge in [0.25, 0.3) is 0 Å². The maximum absolute atomic E-state index is 13.4. The van der Waals surface area contributed by atoms with E-state index in [1.165, 1.54) is 12.1 Å². The largest absolute Gasteiger partial charge is 0.485 e. The fourth-order valence-electron chi connectivity index (χ4n) is 4.20. The first-order valence-electron chi connectivity index (χ1n) is 13.6. The number of hydrogen-bond donors (Lipinski definition) is 0. The lowest BCUT2D eigenvalue weighted by molar-refractivity contribution is 0.0732. The van der Waals surface area contributed by atoms with E-state index in [-0.39, 0.29) is 54.8 Å². The first-order chi connectivity index (χ1) is 21.3. The van der Waals surface area contributed by atoms with Crippen molar-refractivity contribution in [2.75, 3.05) is 0 Å². The maximum Gasteiger partial charge on any atom is 0.343 e. The van der Waals surface area contributed by atoms with Crippen molar-refractivity contribution in [3.63, 3.8) is 0 Å². The molecule has 0 unspecified atom stereocenters. The van der Waals surface area contributed by atoms with E-state index in [0.717, 1.165) is 28.8 Å². The molecule has 11 heteroatoms. The van der Waals surface area contributed by atoms with Gasteiger partial charge in [0.05, 0.1) is 5.56 Å². The smallest absolute Gasteiger partial charge is 0.343 e. The molecule has 0 aliphatic rings. The number of esters is 1. The summed E-state index contributed by atoms with van der Waals surface area (Å²) >= 11 is 0. The fourth-order valence-corrected chi connectivity index (χ4v) is 4.87. The zero-order valence-corrected chi connectivity index (χ0v) is 24.4. The molecule has 0 aromatic heterocycles. The van der Waals surface area contributed by atoms with Gasteiger partial charge in [0, 0.05) is 6.07 Å². The van der Waals surface area contributed by atoms with Crippen LogP contribution in [0.5, 0.6) is 23.0 Å².